The highest BCUT2D eigenvalue weighted by atomic mass is 79.9. The molecule has 1 aliphatic heterocycles. The Morgan fingerprint density at radius 1 is 0.738 bits per heavy atom. The van der Waals surface area contributed by atoms with E-state index in [-0.39, 0.29) is 23.0 Å². The lowest BCUT2D eigenvalue weighted by atomic mass is 9.89. The zero-order valence-corrected chi connectivity index (χ0v) is 30.4. The monoisotopic (exact) mass is 663 g/mol. The smallest absolute Gasteiger partial charge is 0.0868 e. The minimum absolute atomic E-state index is 0. The van der Waals surface area contributed by atoms with E-state index in [0.717, 1.165) is 58.3 Å². The molecule has 5 N–H and O–H groups in total. The number of unbranched alkanes of at least 4 members (excludes halogenated alkanes) is 14. The fourth-order valence-electron chi connectivity index (χ4n) is 6.39. The number of nitrogens with one attached hydrogen (secondary N) is 1. The third-order valence-corrected chi connectivity index (χ3v) is 9.26. The van der Waals surface area contributed by atoms with Crippen LogP contribution in [-0.4, -0.2) is 68.2 Å². The van der Waals surface area contributed by atoms with E-state index in [0.29, 0.717) is 25.4 Å². The van der Waals surface area contributed by atoms with Gasteiger partial charge in [-0.15, -0.1) is 17.0 Å². The van der Waals surface area contributed by atoms with Gasteiger partial charge in [-0.25, -0.2) is 0 Å². The third kappa shape index (κ3) is 20.3. The Kier molecular flexibility index (Phi) is 28.9. The minimum atomic E-state index is -0.421. The number of hydrogen-bond acceptors (Lipinski definition) is 6. The highest BCUT2D eigenvalue weighted by Gasteiger charge is 2.42. The number of halogens is 1. The number of piperazine rings is 1. The Morgan fingerprint density at radius 2 is 1.21 bits per heavy atom. The second-order valence-electron chi connectivity index (χ2n) is 13.1. The predicted molar refractivity (Wildman–Crippen MR) is 189 cm³/mol. The molecule has 4 unspecified atom stereocenters. The predicted octanol–water partition coefficient (Wildman–Crippen LogP) is 8.49. The largest absolute Gasteiger partial charge is 0.378 e. The quantitative estimate of drug-likeness (QED) is 0.0696. The molecule has 4 atom stereocenters. The molecule has 1 rings (SSSR count). The first kappa shape index (κ1) is 42.2. The molecule has 254 valence electrons. The summed E-state index contributed by atoms with van der Waals surface area (Å²) in [5.41, 5.74) is 12.7. The normalized spacial score (nSPS) is 20.9. The molecule has 1 fully saturated rings. The van der Waals surface area contributed by atoms with Gasteiger partial charge in [-0.05, 0) is 46.1 Å². The van der Waals surface area contributed by atoms with Crippen LogP contribution >= 0.6 is 17.0 Å². The van der Waals surface area contributed by atoms with E-state index in [1.165, 1.54) is 103 Å². The zero-order chi connectivity index (χ0) is 30.0. The molecule has 6 nitrogen and oxygen atoms in total. The topological polar surface area (TPSA) is 85.8 Å². The fraction of sp³-hybridized carbons (Fsp3) is 1.00. The van der Waals surface area contributed by atoms with Crippen molar-refractivity contribution in [3.05, 3.63) is 0 Å². The summed E-state index contributed by atoms with van der Waals surface area (Å²) in [4.78, 5) is 2.47. The van der Waals surface area contributed by atoms with Crippen molar-refractivity contribution in [1.82, 2.24) is 10.2 Å². The van der Waals surface area contributed by atoms with Crippen molar-refractivity contribution < 1.29 is 9.47 Å². The zero-order valence-electron chi connectivity index (χ0n) is 28.7. The maximum atomic E-state index is 7.23. The molecule has 0 bridgehead atoms. The van der Waals surface area contributed by atoms with Crippen LogP contribution < -0.4 is 16.8 Å². The average molecular weight is 664 g/mol. The van der Waals surface area contributed by atoms with Crippen LogP contribution in [0.2, 0.25) is 0 Å². The summed E-state index contributed by atoms with van der Waals surface area (Å²) < 4.78 is 12.6. The second kappa shape index (κ2) is 28.7. The van der Waals surface area contributed by atoms with E-state index in [4.69, 9.17) is 20.9 Å². The van der Waals surface area contributed by atoms with Gasteiger partial charge in [-0.3, -0.25) is 4.90 Å². The first-order valence-corrected chi connectivity index (χ1v) is 18.2. The molecule has 1 aliphatic rings. The van der Waals surface area contributed by atoms with Crippen LogP contribution in [0.5, 0.6) is 0 Å². The Balaban J connectivity index is 0.0000168. The van der Waals surface area contributed by atoms with Crippen LogP contribution in [0.3, 0.4) is 0 Å². The summed E-state index contributed by atoms with van der Waals surface area (Å²) in [5, 5.41) is 3.72. The van der Waals surface area contributed by atoms with Crippen molar-refractivity contribution >= 4 is 17.0 Å². The van der Waals surface area contributed by atoms with Crippen LogP contribution in [-0.2, 0) is 9.47 Å². The van der Waals surface area contributed by atoms with E-state index in [9.17, 15) is 0 Å². The van der Waals surface area contributed by atoms with Gasteiger partial charge in [-0.2, -0.15) is 0 Å². The van der Waals surface area contributed by atoms with Gasteiger partial charge < -0.3 is 26.3 Å². The van der Waals surface area contributed by atoms with Crippen molar-refractivity contribution in [2.45, 2.75) is 186 Å². The molecule has 0 saturated carbocycles. The van der Waals surface area contributed by atoms with E-state index >= 15 is 0 Å². The van der Waals surface area contributed by atoms with E-state index in [2.05, 4.69) is 37.9 Å². The number of hydrogen-bond donors (Lipinski definition) is 3. The lowest BCUT2D eigenvalue weighted by Gasteiger charge is -2.50. The SMILES string of the molecule is Br.CCCCCCCCCCC(C)OCCN1CCNC(CCCN)C1(N)CCOC(C)CCCCCCCCCC. The van der Waals surface area contributed by atoms with Gasteiger partial charge in [0.05, 0.1) is 31.1 Å². The summed E-state index contributed by atoms with van der Waals surface area (Å²) >= 11 is 0. The van der Waals surface area contributed by atoms with Crippen LogP contribution in [0.1, 0.15) is 163 Å². The molecule has 1 saturated heterocycles. The van der Waals surface area contributed by atoms with Crippen molar-refractivity contribution in [1.29, 1.82) is 0 Å². The molecule has 0 aromatic rings. The van der Waals surface area contributed by atoms with Crippen LogP contribution in [0.25, 0.3) is 0 Å². The molecule has 42 heavy (non-hydrogen) atoms. The highest BCUT2D eigenvalue weighted by Crippen LogP contribution is 2.25. The molecule has 0 spiro atoms. The van der Waals surface area contributed by atoms with Crippen molar-refractivity contribution in [2.24, 2.45) is 11.5 Å². The first-order chi connectivity index (χ1) is 20.0. The fourth-order valence-corrected chi connectivity index (χ4v) is 6.39. The minimum Gasteiger partial charge on any atom is -0.378 e. The van der Waals surface area contributed by atoms with E-state index in [1.54, 1.807) is 0 Å². The summed E-state index contributed by atoms with van der Waals surface area (Å²) in [6, 6.07) is 0.237. The summed E-state index contributed by atoms with van der Waals surface area (Å²) in [6.07, 6.45) is 27.5. The average Bonchev–Trinajstić information content (AvgIpc) is 2.96. The van der Waals surface area contributed by atoms with E-state index < -0.39 is 5.66 Å². The molecule has 7 heteroatoms. The van der Waals surface area contributed by atoms with E-state index in [1.807, 2.05) is 0 Å². The number of rotatable bonds is 29. The second-order valence-corrected chi connectivity index (χ2v) is 13.1. The summed E-state index contributed by atoms with van der Waals surface area (Å²) in [7, 11) is 0. The Bertz CT molecular complexity index is 573. The summed E-state index contributed by atoms with van der Waals surface area (Å²) in [6.45, 7) is 14.0. The third-order valence-electron chi connectivity index (χ3n) is 9.26. The van der Waals surface area contributed by atoms with Crippen LogP contribution in [0.4, 0.5) is 0 Å². The maximum Gasteiger partial charge on any atom is 0.0868 e. The lowest BCUT2D eigenvalue weighted by molar-refractivity contribution is -0.0434. The van der Waals surface area contributed by atoms with Crippen molar-refractivity contribution in [3.63, 3.8) is 0 Å². The van der Waals surface area contributed by atoms with Gasteiger partial charge in [0.2, 0.25) is 0 Å². The number of ether oxygens (including phenoxy) is 2. The molecular formula is C35H75BrN4O2. The van der Waals surface area contributed by atoms with Gasteiger partial charge >= 0.3 is 0 Å². The van der Waals surface area contributed by atoms with Crippen molar-refractivity contribution in [3.8, 4) is 0 Å². The first-order valence-electron chi connectivity index (χ1n) is 18.2. The molecule has 0 aliphatic carbocycles. The lowest BCUT2D eigenvalue weighted by Crippen LogP contribution is -2.72. The molecular weight excluding hydrogens is 588 g/mol. The van der Waals surface area contributed by atoms with Crippen LogP contribution in [0.15, 0.2) is 0 Å². The Morgan fingerprint density at radius 3 is 1.71 bits per heavy atom. The molecule has 1 heterocycles. The van der Waals surface area contributed by atoms with Gasteiger partial charge in [0.1, 0.15) is 0 Å². The number of nitrogens with zero attached hydrogens (tertiary/aromatic N) is 1. The molecule has 0 aromatic carbocycles. The summed E-state index contributed by atoms with van der Waals surface area (Å²) in [5.74, 6) is 0. The Hall–Kier alpha value is 0.240. The van der Waals surface area contributed by atoms with Gasteiger partial charge in [0.15, 0.2) is 0 Å². The number of nitrogens with two attached hydrogens (primary N) is 2. The van der Waals surface area contributed by atoms with Gasteiger partial charge in [0.25, 0.3) is 0 Å². The molecule has 0 aromatic heterocycles. The van der Waals surface area contributed by atoms with Crippen molar-refractivity contribution in [2.75, 3.05) is 39.4 Å². The maximum absolute atomic E-state index is 7.23. The molecule has 0 radical (unpaired) electrons. The van der Waals surface area contributed by atoms with Crippen LogP contribution in [0, 0.1) is 0 Å². The van der Waals surface area contributed by atoms with Gasteiger partial charge in [-0.1, -0.05) is 117 Å². The standard InChI is InChI=1S/C35H74N4O2.BrH/c1-5-7-9-11-13-15-17-19-22-32(3)40-30-25-35(37)34(24-21-26-36)38-27-28-39(35)29-31-41-33(4)23-20-18-16-14-12-10-8-6-2;/h32-34,38H,5-31,36-37H2,1-4H3;1H. The highest BCUT2D eigenvalue weighted by molar-refractivity contribution is 8.93. The van der Waals surface area contributed by atoms with Gasteiger partial charge in [0, 0.05) is 32.1 Å². The Labute approximate surface area is 273 Å². The molecule has 0 amide bonds.